The van der Waals surface area contributed by atoms with Gasteiger partial charge in [-0.05, 0) is 44.0 Å². The van der Waals surface area contributed by atoms with Crippen molar-refractivity contribution in [1.29, 1.82) is 0 Å². The number of anilines is 1. The molecule has 112 valence electrons. The zero-order valence-corrected chi connectivity index (χ0v) is 13.2. The standard InChI is InChI=1S/C18H17NO2S/c1-14-6-12-17(13-7-14)22(20,21)19-18-5-3-2-4-16(18)11-10-15-8-9-15/h2-7,12-13,15,19H,8-9H2,1H3. The summed E-state index contributed by atoms with van der Waals surface area (Å²) in [4.78, 5) is 0.253. The average molecular weight is 311 g/mol. The SMILES string of the molecule is Cc1ccc(S(=O)(=O)Nc2ccccc2C#CC2CC2)cc1. The van der Waals surface area contributed by atoms with Crippen LogP contribution in [0.1, 0.15) is 24.0 Å². The Morgan fingerprint density at radius 2 is 1.73 bits per heavy atom. The van der Waals surface area contributed by atoms with Gasteiger partial charge in [0.2, 0.25) is 0 Å². The Morgan fingerprint density at radius 3 is 2.41 bits per heavy atom. The van der Waals surface area contributed by atoms with Crippen LogP contribution in [0.3, 0.4) is 0 Å². The van der Waals surface area contributed by atoms with Crippen molar-refractivity contribution in [3.8, 4) is 11.8 Å². The smallest absolute Gasteiger partial charge is 0.261 e. The third-order valence-electron chi connectivity index (χ3n) is 3.49. The van der Waals surface area contributed by atoms with Gasteiger partial charge in [-0.3, -0.25) is 4.72 Å². The first kappa shape index (κ1) is 14.7. The monoisotopic (exact) mass is 311 g/mol. The van der Waals surface area contributed by atoms with E-state index in [-0.39, 0.29) is 4.90 Å². The molecule has 0 bridgehead atoms. The van der Waals surface area contributed by atoms with Crippen molar-refractivity contribution in [3.63, 3.8) is 0 Å². The molecule has 2 aromatic rings. The molecule has 0 heterocycles. The van der Waals surface area contributed by atoms with Crippen LogP contribution in [0.5, 0.6) is 0 Å². The van der Waals surface area contributed by atoms with Crippen LogP contribution in [-0.2, 0) is 10.0 Å². The average Bonchev–Trinajstić information content (AvgIpc) is 3.31. The molecular weight excluding hydrogens is 294 g/mol. The topological polar surface area (TPSA) is 46.2 Å². The summed E-state index contributed by atoms with van der Waals surface area (Å²) < 4.78 is 27.5. The maximum Gasteiger partial charge on any atom is 0.261 e. The predicted molar refractivity (Wildman–Crippen MR) is 88.0 cm³/mol. The Bertz CT molecular complexity index is 839. The summed E-state index contributed by atoms with van der Waals surface area (Å²) in [7, 11) is -3.59. The van der Waals surface area contributed by atoms with Crippen LogP contribution in [0.4, 0.5) is 5.69 Å². The summed E-state index contributed by atoms with van der Waals surface area (Å²) >= 11 is 0. The lowest BCUT2D eigenvalue weighted by molar-refractivity contribution is 0.601. The number of sulfonamides is 1. The van der Waals surface area contributed by atoms with E-state index in [1.807, 2.05) is 19.1 Å². The van der Waals surface area contributed by atoms with Gasteiger partial charge in [0, 0.05) is 11.5 Å². The fourth-order valence-electron chi connectivity index (χ4n) is 2.01. The summed E-state index contributed by atoms with van der Waals surface area (Å²) in [6.07, 6.45) is 2.29. The highest BCUT2D eigenvalue weighted by molar-refractivity contribution is 7.92. The first-order valence-corrected chi connectivity index (χ1v) is 8.73. The minimum Gasteiger partial charge on any atom is -0.278 e. The van der Waals surface area contributed by atoms with E-state index in [0.29, 0.717) is 17.2 Å². The highest BCUT2D eigenvalue weighted by Gasteiger charge is 2.18. The lowest BCUT2D eigenvalue weighted by Gasteiger charge is -2.10. The molecule has 2 aromatic carbocycles. The molecule has 0 atom stereocenters. The van der Waals surface area contributed by atoms with Gasteiger partial charge in [0.25, 0.3) is 10.0 Å². The van der Waals surface area contributed by atoms with E-state index in [0.717, 1.165) is 18.4 Å². The minimum atomic E-state index is -3.59. The zero-order chi connectivity index (χ0) is 15.6. The third kappa shape index (κ3) is 3.49. The fourth-order valence-corrected chi connectivity index (χ4v) is 3.09. The van der Waals surface area contributed by atoms with Gasteiger partial charge >= 0.3 is 0 Å². The number of nitrogens with one attached hydrogen (secondary N) is 1. The molecule has 0 aliphatic heterocycles. The van der Waals surface area contributed by atoms with E-state index in [9.17, 15) is 8.42 Å². The van der Waals surface area contributed by atoms with Crippen LogP contribution >= 0.6 is 0 Å². The molecule has 0 amide bonds. The molecule has 3 rings (SSSR count). The van der Waals surface area contributed by atoms with Gasteiger partial charge in [0.1, 0.15) is 0 Å². The Morgan fingerprint density at radius 1 is 1.05 bits per heavy atom. The number of benzene rings is 2. The maximum atomic E-state index is 12.5. The molecule has 3 nitrogen and oxygen atoms in total. The van der Waals surface area contributed by atoms with Gasteiger partial charge in [-0.2, -0.15) is 0 Å². The molecular formula is C18H17NO2S. The van der Waals surface area contributed by atoms with Crippen LogP contribution in [-0.4, -0.2) is 8.42 Å². The van der Waals surface area contributed by atoms with Crippen molar-refractivity contribution in [2.75, 3.05) is 4.72 Å². The molecule has 0 unspecified atom stereocenters. The maximum absolute atomic E-state index is 12.5. The Hall–Kier alpha value is -2.25. The Kier molecular flexibility index (Phi) is 3.91. The van der Waals surface area contributed by atoms with E-state index in [4.69, 9.17) is 0 Å². The molecule has 4 heteroatoms. The summed E-state index contributed by atoms with van der Waals surface area (Å²) in [6, 6.07) is 14.0. The Balaban J connectivity index is 1.89. The molecule has 22 heavy (non-hydrogen) atoms. The van der Waals surface area contributed by atoms with Gasteiger partial charge in [-0.25, -0.2) is 8.42 Å². The van der Waals surface area contributed by atoms with E-state index >= 15 is 0 Å². The first-order chi connectivity index (χ1) is 10.5. The third-order valence-corrected chi connectivity index (χ3v) is 4.87. The van der Waals surface area contributed by atoms with Crippen molar-refractivity contribution in [2.24, 2.45) is 5.92 Å². The van der Waals surface area contributed by atoms with Crippen molar-refractivity contribution in [2.45, 2.75) is 24.7 Å². The second-order valence-electron chi connectivity index (χ2n) is 5.51. The van der Waals surface area contributed by atoms with Crippen LogP contribution < -0.4 is 4.72 Å². The number of para-hydroxylation sites is 1. The van der Waals surface area contributed by atoms with Gasteiger partial charge < -0.3 is 0 Å². The minimum absolute atomic E-state index is 0.253. The van der Waals surface area contributed by atoms with Crippen LogP contribution in [0.2, 0.25) is 0 Å². The summed E-state index contributed by atoms with van der Waals surface area (Å²) in [5.41, 5.74) is 2.26. The second-order valence-corrected chi connectivity index (χ2v) is 7.19. The lowest BCUT2D eigenvalue weighted by atomic mass is 10.2. The van der Waals surface area contributed by atoms with Crippen molar-refractivity contribution in [1.82, 2.24) is 0 Å². The van der Waals surface area contributed by atoms with Gasteiger partial charge in [0.15, 0.2) is 0 Å². The Labute approximate surface area is 131 Å². The number of aryl methyl sites for hydroxylation is 1. The van der Waals surface area contributed by atoms with Crippen LogP contribution in [0.25, 0.3) is 0 Å². The highest BCUT2D eigenvalue weighted by atomic mass is 32.2. The normalized spacial score (nSPS) is 14.0. The first-order valence-electron chi connectivity index (χ1n) is 7.25. The van der Waals surface area contributed by atoms with Crippen molar-refractivity contribution in [3.05, 3.63) is 59.7 Å². The van der Waals surface area contributed by atoms with Gasteiger partial charge in [0.05, 0.1) is 10.6 Å². The summed E-state index contributed by atoms with van der Waals surface area (Å²) in [5.74, 6) is 6.72. The quantitative estimate of drug-likeness (QED) is 0.881. The molecule has 1 N–H and O–H groups in total. The van der Waals surface area contributed by atoms with Gasteiger partial charge in [-0.15, -0.1) is 0 Å². The predicted octanol–water partition coefficient (Wildman–Crippen LogP) is 3.56. The summed E-state index contributed by atoms with van der Waals surface area (Å²) in [5, 5.41) is 0. The molecule has 1 saturated carbocycles. The van der Waals surface area contributed by atoms with Crippen molar-refractivity contribution >= 4 is 15.7 Å². The molecule has 0 spiro atoms. The highest BCUT2D eigenvalue weighted by Crippen LogP contribution is 2.28. The molecule has 1 aliphatic carbocycles. The van der Waals surface area contributed by atoms with E-state index in [1.165, 1.54) is 0 Å². The zero-order valence-electron chi connectivity index (χ0n) is 12.3. The van der Waals surface area contributed by atoms with Crippen LogP contribution in [0.15, 0.2) is 53.4 Å². The second kappa shape index (κ2) is 5.86. The molecule has 1 aliphatic rings. The van der Waals surface area contributed by atoms with Crippen LogP contribution in [0, 0.1) is 24.7 Å². The molecule has 1 fully saturated rings. The number of hydrogen-bond donors (Lipinski definition) is 1. The van der Waals surface area contributed by atoms with E-state index < -0.39 is 10.0 Å². The van der Waals surface area contributed by atoms with Gasteiger partial charge in [-0.1, -0.05) is 41.7 Å². The number of hydrogen-bond acceptors (Lipinski definition) is 2. The van der Waals surface area contributed by atoms with E-state index in [1.54, 1.807) is 36.4 Å². The fraction of sp³-hybridized carbons (Fsp3) is 0.222. The number of rotatable bonds is 3. The molecule has 0 saturated heterocycles. The largest absolute Gasteiger partial charge is 0.278 e. The van der Waals surface area contributed by atoms with Crippen molar-refractivity contribution < 1.29 is 8.42 Å². The van der Waals surface area contributed by atoms with E-state index in [2.05, 4.69) is 16.6 Å². The molecule has 0 aromatic heterocycles. The molecule has 0 radical (unpaired) electrons. The lowest BCUT2D eigenvalue weighted by Crippen LogP contribution is -2.13. The summed E-state index contributed by atoms with van der Waals surface area (Å²) in [6.45, 7) is 1.92.